The molecule has 0 aromatic rings. The number of nitrogens with one attached hydrogen (secondary N) is 1. The predicted octanol–water partition coefficient (Wildman–Crippen LogP) is 1.87. The van der Waals surface area contributed by atoms with Gasteiger partial charge < -0.3 is 4.74 Å². The van der Waals surface area contributed by atoms with Gasteiger partial charge in [-0.15, -0.1) is 0 Å². The lowest BCUT2D eigenvalue weighted by molar-refractivity contribution is -0.156. The fourth-order valence-corrected chi connectivity index (χ4v) is 3.31. The van der Waals surface area contributed by atoms with Crippen LogP contribution in [0.3, 0.4) is 0 Å². The highest BCUT2D eigenvalue weighted by Crippen LogP contribution is 2.51. The smallest absolute Gasteiger partial charge is 0.401 e. The quantitative estimate of drug-likeness (QED) is 0.778. The van der Waals surface area contributed by atoms with E-state index < -0.39 is 24.2 Å². The number of carbonyl (C=O) groups is 1. The van der Waals surface area contributed by atoms with Crippen LogP contribution in [0.15, 0.2) is 0 Å². The van der Waals surface area contributed by atoms with Gasteiger partial charge in [0.15, 0.2) is 0 Å². The molecule has 2 rings (SSSR count). The molecule has 2 fully saturated rings. The monoisotopic (exact) mass is 251 g/mol. The summed E-state index contributed by atoms with van der Waals surface area (Å²) in [4.78, 5) is 11.8. The number of fused-ring (bicyclic) bond motifs is 2. The molecule has 0 aromatic carbocycles. The number of methoxy groups -OCH3 is 1. The van der Waals surface area contributed by atoms with Gasteiger partial charge in [-0.1, -0.05) is 6.42 Å². The SMILES string of the molecule is COC(=O)C1(NCC(F)(F)F)CC2CCC1C2. The minimum Gasteiger partial charge on any atom is -0.468 e. The normalized spacial score (nSPS) is 36.2. The number of alkyl halides is 3. The van der Waals surface area contributed by atoms with E-state index >= 15 is 0 Å². The van der Waals surface area contributed by atoms with Crippen LogP contribution in [0.1, 0.15) is 25.7 Å². The molecular weight excluding hydrogens is 235 g/mol. The van der Waals surface area contributed by atoms with Gasteiger partial charge in [0, 0.05) is 0 Å². The van der Waals surface area contributed by atoms with E-state index in [0.717, 1.165) is 19.3 Å². The van der Waals surface area contributed by atoms with Gasteiger partial charge in [0.2, 0.25) is 0 Å². The van der Waals surface area contributed by atoms with E-state index in [2.05, 4.69) is 10.1 Å². The molecule has 0 heterocycles. The standard InChI is InChI=1S/C11H16F3NO2/c1-17-9(16)10(15-6-11(12,13)14)5-7-2-3-8(10)4-7/h7-8,15H,2-6H2,1H3. The van der Waals surface area contributed by atoms with Crippen molar-refractivity contribution in [3.63, 3.8) is 0 Å². The largest absolute Gasteiger partial charge is 0.468 e. The zero-order chi connectivity index (χ0) is 12.7. The molecule has 0 spiro atoms. The van der Waals surface area contributed by atoms with E-state index in [9.17, 15) is 18.0 Å². The number of ether oxygens (including phenoxy) is 1. The number of carbonyl (C=O) groups excluding carboxylic acids is 1. The van der Waals surface area contributed by atoms with Crippen molar-refractivity contribution >= 4 is 5.97 Å². The fraction of sp³-hybridized carbons (Fsp3) is 0.909. The molecule has 2 bridgehead atoms. The highest BCUT2D eigenvalue weighted by Gasteiger charge is 2.57. The van der Waals surface area contributed by atoms with Crippen molar-refractivity contribution in [2.24, 2.45) is 11.8 Å². The highest BCUT2D eigenvalue weighted by atomic mass is 19.4. The van der Waals surface area contributed by atoms with E-state index in [4.69, 9.17) is 0 Å². The van der Waals surface area contributed by atoms with Gasteiger partial charge in [0.1, 0.15) is 5.54 Å². The third-order valence-electron chi connectivity index (χ3n) is 4.00. The summed E-state index contributed by atoms with van der Waals surface area (Å²) in [7, 11) is 1.23. The summed E-state index contributed by atoms with van der Waals surface area (Å²) in [5.74, 6) is -0.198. The van der Waals surface area contributed by atoms with Crippen molar-refractivity contribution in [3.8, 4) is 0 Å². The molecule has 2 saturated carbocycles. The Balaban J connectivity index is 2.12. The van der Waals surface area contributed by atoms with Crippen LogP contribution in [0, 0.1) is 11.8 Å². The summed E-state index contributed by atoms with van der Waals surface area (Å²) in [5, 5.41) is 2.42. The molecule has 6 heteroatoms. The van der Waals surface area contributed by atoms with Gasteiger partial charge in [-0.25, -0.2) is 0 Å². The maximum Gasteiger partial charge on any atom is 0.401 e. The molecule has 98 valence electrons. The Bertz CT molecular complexity index is 318. The average molecular weight is 251 g/mol. The lowest BCUT2D eigenvalue weighted by atomic mass is 9.81. The van der Waals surface area contributed by atoms with E-state index in [1.807, 2.05) is 0 Å². The lowest BCUT2D eigenvalue weighted by Crippen LogP contribution is -2.58. The second kappa shape index (κ2) is 4.15. The van der Waals surface area contributed by atoms with E-state index in [-0.39, 0.29) is 5.92 Å². The Labute approximate surface area is 97.7 Å². The third kappa shape index (κ3) is 2.27. The van der Waals surface area contributed by atoms with Crippen molar-refractivity contribution < 1.29 is 22.7 Å². The molecule has 0 amide bonds. The van der Waals surface area contributed by atoms with E-state index in [0.29, 0.717) is 12.3 Å². The summed E-state index contributed by atoms with van der Waals surface area (Å²) < 4.78 is 41.5. The summed E-state index contributed by atoms with van der Waals surface area (Å²) in [6.07, 6.45) is -1.18. The number of esters is 1. The van der Waals surface area contributed by atoms with Crippen LogP contribution in [-0.2, 0) is 9.53 Å². The topological polar surface area (TPSA) is 38.3 Å². The van der Waals surface area contributed by atoms with Crippen LogP contribution in [0.2, 0.25) is 0 Å². The molecular formula is C11H16F3NO2. The Morgan fingerprint density at radius 3 is 2.59 bits per heavy atom. The lowest BCUT2D eigenvalue weighted by Gasteiger charge is -2.36. The van der Waals surface area contributed by atoms with Gasteiger partial charge in [0.25, 0.3) is 0 Å². The van der Waals surface area contributed by atoms with Gasteiger partial charge >= 0.3 is 12.1 Å². The van der Waals surface area contributed by atoms with Crippen molar-refractivity contribution in [1.29, 1.82) is 0 Å². The van der Waals surface area contributed by atoms with Crippen molar-refractivity contribution in [2.45, 2.75) is 37.4 Å². The van der Waals surface area contributed by atoms with Crippen molar-refractivity contribution in [3.05, 3.63) is 0 Å². The minimum atomic E-state index is -4.30. The Morgan fingerprint density at radius 2 is 2.18 bits per heavy atom. The van der Waals surface area contributed by atoms with Crippen LogP contribution < -0.4 is 5.32 Å². The van der Waals surface area contributed by atoms with E-state index in [1.54, 1.807) is 0 Å². The van der Waals surface area contributed by atoms with Crippen LogP contribution in [0.5, 0.6) is 0 Å². The first-order valence-corrected chi connectivity index (χ1v) is 5.77. The summed E-state index contributed by atoms with van der Waals surface area (Å²) in [5.41, 5.74) is -1.10. The summed E-state index contributed by atoms with van der Waals surface area (Å²) in [6.45, 7) is -1.13. The van der Waals surface area contributed by atoms with Crippen molar-refractivity contribution in [2.75, 3.05) is 13.7 Å². The number of halogens is 3. The average Bonchev–Trinajstić information content (AvgIpc) is 2.84. The first-order chi connectivity index (χ1) is 7.87. The Morgan fingerprint density at radius 1 is 1.47 bits per heavy atom. The molecule has 2 aliphatic carbocycles. The first kappa shape index (κ1) is 12.7. The molecule has 2 aliphatic rings. The molecule has 0 aromatic heterocycles. The van der Waals surface area contributed by atoms with Crippen LogP contribution in [0.4, 0.5) is 13.2 Å². The molecule has 17 heavy (non-hydrogen) atoms. The fourth-order valence-electron chi connectivity index (χ4n) is 3.31. The first-order valence-electron chi connectivity index (χ1n) is 5.77. The third-order valence-corrected chi connectivity index (χ3v) is 4.00. The molecule has 1 N–H and O–H groups in total. The maximum atomic E-state index is 12.3. The zero-order valence-electron chi connectivity index (χ0n) is 9.64. The van der Waals surface area contributed by atoms with Gasteiger partial charge in [0.05, 0.1) is 13.7 Å². The van der Waals surface area contributed by atoms with Crippen LogP contribution in [-0.4, -0.2) is 31.3 Å². The molecule has 3 unspecified atom stereocenters. The molecule has 3 atom stereocenters. The maximum absolute atomic E-state index is 12.3. The van der Waals surface area contributed by atoms with Crippen LogP contribution >= 0.6 is 0 Å². The van der Waals surface area contributed by atoms with Crippen LogP contribution in [0.25, 0.3) is 0 Å². The predicted molar refractivity (Wildman–Crippen MR) is 54.3 cm³/mol. The van der Waals surface area contributed by atoms with Gasteiger partial charge in [-0.05, 0) is 31.1 Å². The second-order valence-corrected chi connectivity index (χ2v) is 5.01. The van der Waals surface area contributed by atoms with E-state index in [1.165, 1.54) is 7.11 Å². The highest BCUT2D eigenvalue weighted by molar-refractivity contribution is 5.82. The molecule has 0 saturated heterocycles. The minimum absolute atomic E-state index is 0.0118. The number of hydrogen-bond acceptors (Lipinski definition) is 3. The number of hydrogen-bond donors (Lipinski definition) is 1. The second-order valence-electron chi connectivity index (χ2n) is 5.01. The van der Waals surface area contributed by atoms with Gasteiger partial charge in [-0.2, -0.15) is 13.2 Å². The Hall–Kier alpha value is -0.780. The number of rotatable bonds is 3. The van der Waals surface area contributed by atoms with Gasteiger partial charge in [-0.3, -0.25) is 10.1 Å². The molecule has 3 nitrogen and oxygen atoms in total. The summed E-state index contributed by atoms with van der Waals surface area (Å²) >= 11 is 0. The zero-order valence-corrected chi connectivity index (χ0v) is 9.64. The molecule has 0 aliphatic heterocycles. The van der Waals surface area contributed by atoms with Crippen molar-refractivity contribution in [1.82, 2.24) is 5.32 Å². The molecule has 0 radical (unpaired) electrons. The Kier molecular flexibility index (Phi) is 3.10. The summed E-state index contributed by atoms with van der Waals surface area (Å²) in [6, 6.07) is 0.